The SMILES string of the molecule is CCC(C)(CC#N)Cc1nc(-c2cccc(Cl)c2)no1. The fourth-order valence-electron chi connectivity index (χ4n) is 1.94. The zero-order valence-corrected chi connectivity index (χ0v) is 12.3. The molecule has 0 N–H and O–H groups in total. The van der Waals surface area contributed by atoms with Crippen molar-refractivity contribution in [3.05, 3.63) is 35.2 Å². The molecule has 1 atom stereocenters. The molecular weight excluding hydrogens is 274 g/mol. The molecule has 1 aromatic heterocycles. The topological polar surface area (TPSA) is 62.7 Å². The highest BCUT2D eigenvalue weighted by molar-refractivity contribution is 6.30. The molecule has 0 aliphatic rings. The number of halogens is 1. The van der Waals surface area contributed by atoms with Crippen LogP contribution >= 0.6 is 11.6 Å². The lowest BCUT2D eigenvalue weighted by molar-refractivity contribution is 0.266. The zero-order chi connectivity index (χ0) is 14.6. The molecule has 20 heavy (non-hydrogen) atoms. The predicted molar refractivity (Wildman–Crippen MR) is 77.1 cm³/mol. The average molecular weight is 290 g/mol. The second kappa shape index (κ2) is 6.06. The van der Waals surface area contributed by atoms with Gasteiger partial charge in [-0.2, -0.15) is 10.2 Å². The summed E-state index contributed by atoms with van der Waals surface area (Å²) in [6.07, 6.45) is 1.96. The molecule has 4 nitrogen and oxygen atoms in total. The summed E-state index contributed by atoms with van der Waals surface area (Å²) >= 11 is 5.95. The van der Waals surface area contributed by atoms with Gasteiger partial charge in [-0.05, 0) is 24.0 Å². The third-order valence-corrected chi connectivity index (χ3v) is 3.72. The summed E-state index contributed by atoms with van der Waals surface area (Å²) in [6.45, 7) is 4.12. The Morgan fingerprint density at radius 1 is 1.45 bits per heavy atom. The van der Waals surface area contributed by atoms with Crippen LogP contribution in [0.2, 0.25) is 5.02 Å². The van der Waals surface area contributed by atoms with E-state index in [2.05, 4.69) is 30.1 Å². The molecule has 1 heterocycles. The lowest BCUT2D eigenvalue weighted by Gasteiger charge is -2.22. The minimum Gasteiger partial charge on any atom is -0.339 e. The fraction of sp³-hybridized carbons (Fsp3) is 0.400. The van der Waals surface area contributed by atoms with Crippen molar-refractivity contribution in [3.63, 3.8) is 0 Å². The lowest BCUT2D eigenvalue weighted by Crippen LogP contribution is -2.18. The third-order valence-electron chi connectivity index (χ3n) is 3.49. The fourth-order valence-corrected chi connectivity index (χ4v) is 2.13. The average Bonchev–Trinajstić information content (AvgIpc) is 2.87. The van der Waals surface area contributed by atoms with Crippen LogP contribution in [0.4, 0.5) is 0 Å². The van der Waals surface area contributed by atoms with Crippen molar-refractivity contribution in [3.8, 4) is 17.5 Å². The van der Waals surface area contributed by atoms with Gasteiger partial charge in [-0.25, -0.2) is 0 Å². The van der Waals surface area contributed by atoms with E-state index in [9.17, 15) is 0 Å². The first-order valence-electron chi connectivity index (χ1n) is 6.52. The van der Waals surface area contributed by atoms with E-state index < -0.39 is 0 Å². The van der Waals surface area contributed by atoms with Crippen LogP contribution in [-0.2, 0) is 6.42 Å². The quantitative estimate of drug-likeness (QED) is 0.825. The number of benzene rings is 1. The van der Waals surface area contributed by atoms with Crippen LogP contribution in [0.3, 0.4) is 0 Å². The molecule has 0 saturated heterocycles. The molecule has 1 aromatic carbocycles. The first kappa shape index (κ1) is 14.5. The van der Waals surface area contributed by atoms with Crippen LogP contribution in [0.5, 0.6) is 0 Å². The molecule has 2 aromatic rings. The molecule has 1 unspecified atom stereocenters. The van der Waals surface area contributed by atoms with Gasteiger partial charge >= 0.3 is 0 Å². The molecule has 0 amide bonds. The second-order valence-electron chi connectivity index (χ2n) is 5.20. The van der Waals surface area contributed by atoms with Gasteiger partial charge in [0.25, 0.3) is 0 Å². The van der Waals surface area contributed by atoms with Crippen LogP contribution in [0.15, 0.2) is 28.8 Å². The maximum atomic E-state index is 8.89. The van der Waals surface area contributed by atoms with Crippen molar-refractivity contribution in [2.45, 2.75) is 33.1 Å². The van der Waals surface area contributed by atoms with Gasteiger partial charge in [0.05, 0.1) is 6.07 Å². The zero-order valence-electron chi connectivity index (χ0n) is 11.6. The number of hydrogen-bond donors (Lipinski definition) is 0. The van der Waals surface area contributed by atoms with Gasteiger partial charge in [0, 0.05) is 23.4 Å². The van der Waals surface area contributed by atoms with Gasteiger partial charge in [-0.1, -0.05) is 42.7 Å². The van der Waals surface area contributed by atoms with Gasteiger partial charge in [0.2, 0.25) is 11.7 Å². The van der Waals surface area contributed by atoms with Crippen molar-refractivity contribution in [2.75, 3.05) is 0 Å². The van der Waals surface area contributed by atoms with Crippen LogP contribution in [-0.4, -0.2) is 10.1 Å². The van der Waals surface area contributed by atoms with E-state index in [-0.39, 0.29) is 5.41 Å². The van der Waals surface area contributed by atoms with Crippen molar-refractivity contribution in [2.24, 2.45) is 5.41 Å². The minimum atomic E-state index is -0.132. The van der Waals surface area contributed by atoms with Gasteiger partial charge in [0.15, 0.2) is 0 Å². The van der Waals surface area contributed by atoms with Crippen LogP contribution in [0.25, 0.3) is 11.4 Å². The molecule has 0 spiro atoms. The number of nitrogens with zero attached hydrogens (tertiary/aromatic N) is 3. The largest absolute Gasteiger partial charge is 0.339 e. The van der Waals surface area contributed by atoms with E-state index in [0.29, 0.717) is 29.6 Å². The molecular formula is C15H16ClN3O. The Kier molecular flexibility index (Phi) is 4.41. The first-order valence-corrected chi connectivity index (χ1v) is 6.89. The normalized spacial score (nSPS) is 13.7. The summed E-state index contributed by atoms with van der Waals surface area (Å²) in [5.41, 5.74) is 0.693. The van der Waals surface area contributed by atoms with E-state index >= 15 is 0 Å². The van der Waals surface area contributed by atoms with Crippen LogP contribution in [0.1, 0.15) is 32.6 Å². The number of aromatic nitrogens is 2. The Morgan fingerprint density at radius 2 is 2.25 bits per heavy atom. The molecule has 0 aliphatic heterocycles. The first-order chi connectivity index (χ1) is 9.56. The standard InChI is InChI=1S/C15H16ClN3O/c1-3-15(2,7-8-17)10-13-18-14(19-20-13)11-5-4-6-12(16)9-11/h4-6,9H,3,7,10H2,1-2H3. The Hall–Kier alpha value is -1.86. The molecule has 0 saturated carbocycles. The van der Waals surface area contributed by atoms with Crippen molar-refractivity contribution >= 4 is 11.6 Å². The third kappa shape index (κ3) is 3.37. The summed E-state index contributed by atoms with van der Waals surface area (Å²) in [4.78, 5) is 4.39. The highest BCUT2D eigenvalue weighted by atomic mass is 35.5. The van der Waals surface area contributed by atoms with Crippen molar-refractivity contribution in [1.29, 1.82) is 5.26 Å². The molecule has 0 bridgehead atoms. The Labute approximate surface area is 123 Å². The van der Waals surface area contributed by atoms with Crippen LogP contribution < -0.4 is 0 Å². The maximum Gasteiger partial charge on any atom is 0.227 e. The predicted octanol–water partition coefficient (Wildman–Crippen LogP) is 4.26. The highest BCUT2D eigenvalue weighted by Crippen LogP contribution is 2.30. The van der Waals surface area contributed by atoms with E-state index in [1.807, 2.05) is 12.1 Å². The Balaban J connectivity index is 2.19. The number of hydrogen-bond acceptors (Lipinski definition) is 4. The molecule has 2 rings (SSSR count). The highest BCUT2D eigenvalue weighted by Gasteiger charge is 2.25. The summed E-state index contributed by atoms with van der Waals surface area (Å²) < 4.78 is 5.29. The van der Waals surface area contributed by atoms with E-state index in [0.717, 1.165) is 12.0 Å². The van der Waals surface area contributed by atoms with Gasteiger partial charge in [-0.3, -0.25) is 0 Å². The van der Waals surface area contributed by atoms with E-state index in [1.165, 1.54) is 0 Å². The summed E-state index contributed by atoms with van der Waals surface area (Å²) in [7, 11) is 0. The summed E-state index contributed by atoms with van der Waals surface area (Å²) in [5, 5.41) is 13.5. The van der Waals surface area contributed by atoms with Crippen molar-refractivity contribution < 1.29 is 4.52 Å². The Bertz CT molecular complexity index is 632. The minimum absolute atomic E-state index is 0.132. The molecule has 0 radical (unpaired) electrons. The van der Waals surface area contributed by atoms with E-state index in [4.69, 9.17) is 21.4 Å². The number of nitriles is 1. The van der Waals surface area contributed by atoms with Gasteiger partial charge < -0.3 is 4.52 Å². The van der Waals surface area contributed by atoms with Crippen LogP contribution in [0, 0.1) is 16.7 Å². The number of rotatable bonds is 5. The van der Waals surface area contributed by atoms with Gasteiger partial charge in [-0.15, -0.1) is 0 Å². The molecule has 104 valence electrons. The smallest absolute Gasteiger partial charge is 0.227 e. The molecule has 5 heteroatoms. The van der Waals surface area contributed by atoms with E-state index in [1.54, 1.807) is 12.1 Å². The molecule has 0 fully saturated rings. The lowest BCUT2D eigenvalue weighted by atomic mass is 9.81. The van der Waals surface area contributed by atoms with Crippen molar-refractivity contribution in [1.82, 2.24) is 10.1 Å². The second-order valence-corrected chi connectivity index (χ2v) is 5.63. The molecule has 0 aliphatic carbocycles. The maximum absolute atomic E-state index is 8.89. The Morgan fingerprint density at radius 3 is 2.90 bits per heavy atom. The monoisotopic (exact) mass is 289 g/mol. The summed E-state index contributed by atoms with van der Waals surface area (Å²) in [5.74, 6) is 1.08. The summed E-state index contributed by atoms with van der Waals surface area (Å²) in [6, 6.07) is 9.54. The van der Waals surface area contributed by atoms with Gasteiger partial charge in [0.1, 0.15) is 0 Å².